The number of fused-ring (bicyclic) bond motifs is 1. The zero-order chi connectivity index (χ0) is 16.4. The molecule has 0 spiro atoms. The van der Waals surface area contributed by atoms with E-state index in [4.69, 9.17) is 4.52 Å². The Hall–Kier alpha value is -2.48. The number of likely N-dealkylation sites (N-methyl/N-ethyl adjacent to an activating group) is 1. The Morgan fingerprint density at radius 1 is 1.57 bits per heavy atom. The fraction of sp³-hybridized carbons (Fsp3) is 0.467. The number of amides is 1. The first-order chi connectivity index (χ1) is 11.1. The summed E-state index contributed by atoms with van der Waals surface area (Å²) in [6.07, 6.45) is 2.21. The molecule has 2 aromatic rings. The maximum absolute atomic E-state index is 12.3. The molecule has 1 fully saturated rings. The van der Waals surface area contributed by atoms with Crippen molar-refractivity contribution >= 4 is 22.6 Å². The number of nitro groups is 1. The van der Waals surface area contributed by atoms with Crippen LogP contribution < -0.4 is 5.32 Å². The number of hydrogen-bond acceptors (Lipinski definition) is 6. The van der Waals surface area contributed by atoms with Gasteiger partial charge in [0.1, 0.15) is 0 Å². The van der Waals surface area contributed by atoms with Crippen LogP contribution in [-0.2, 0) is 0 Å². The standard InChI is InChI=1S/C15H18N4O4/c1-2-18-7-3-4-11(18)9-16-15(20)14-12-6-5-10(19(21)22)8-13(12)23-17-14/h5-6,8,11H,2-4,7,9H2,1H3,(H,16,20). The number of nitrogens with one attached hydrogen (secondary N) is 1. The first kappa shape index (κ1) is 15.4. The smallest absolute Gasteiger partial charge is 0.274 e. The number of carbonyl (C=O) groups excluding carboxylic acids is 1. The van der Waals surface area contributed by atoms with E-state index in [9.17, 15) is 14.9 Å². The van der Waals surface area contributed by atoms with E-state index in [0.29, 0.717) is 18.0 Å². The minimum absolute atomic E-state index is 0.0925. The number of benzene rings is 1. The minimum atomic E-state index is -0.513. The molecule has 122 valence electrons. The lowest BCUT2D eigenvalue weighted by atomic mass is 10.2. The Morgan fingerprint density at radius 2 is 2.39 bits per heavy atom. The predicted octanol–water partition coefficient (Wildman–Crippen LogP) is 1.95. The molecule has 8 nitrogen and oxygen atoms in total. The molecule has 3 rings (SSSR count). The summed E-state index contributed by atoms with van der Waals surface area (Å²) in [5.74, 6) is -0.319. The molecule has 1 atom stereocenters. The molecule has 1 N–H and O–H groups in total. The number of hydrogen-bond donors (Lipinski definition) is 1. The average molecular weight is 318 g/mol. The first-order valence-corrected chi connectivity index (χ1v) is 7.66. The lowest BCUT2D eigenvalue weighted by Crippen LogP contribution is -2.40. The topological polar surface area (TPSA) is 102 Å². The number of likely N-dealkylation sites (tertiary alicyclic amines) is 1. The summed E-state index contributed by atoms with van der Waals surface area (Å²) in [7, 11) is 0. The molecule has 8 heteroatoms. The summed E-state index contributed by atoms with van der Waals surface area (Å²) in [5.41, 5.74) is 0.307. The van der Waals surface area contributed by atoms with Gasteiger partial charge in [0, 0.05) is 18.7 Å². The van der Waals surface area contributed by atoms with E-state index in [1.807, 2.05) is 0 Å². The van der Waals surface area contributed by atoms with Gasteiger partial charge in [-0.25, -0.2) is 0 Å². The van der Waals surface area contributed by atoms with Gasteiger partial charge in [-0.1, -0.05) is 12.1 Å². The molecule has 2 heterocycles. The van der Waals surface area contributed by atoms with Gasteiger partial charge in [0.2, 0.25) is 0 Å². The van der Waals surface area contributed by atoms with Crippen LogP contribution in [0.25, 0.3) is 11.0 Å². The van der Waals surface area contributed by atoms with Gasteiger partial charge in [0.15, 0.2) is 11.3 Å². The maximum Gasteiger partial charge on any atom is 0.274 e. The Labute approximate surface area is 132 Å². The number of aromatic nitrogens is 1. The number of rotatable bonds is 5. The molecule has 1 saturated heterocycles. The third-order valence-corrected chi connectivity index (χ3v) is 4.28. The highest BCUT2D eigenvalue weighted by Crippen LogP contribution is 2.23. The van der Waals surface area contributed by atoms with Crippen molar-refractivity contribution in [2.24, 2.45) is 0 Å². The molecule has 23 heavy (non-hydrogen) atoms. The Kier molecular flexibility index (Phi) is 4.24. The van der Waals surface area contributed by atoms with E-state index in [1.165, 1.54) is 18.2 Å². The molecular weight excluding hydrogens is 300 g/mol. The zero-order valence-corrected chi connectivity index (χ0v) is 12.8. The van der Waals surface area contributed by atoms with Gasteiger partial charge in [0.05, 0.1) is 16.4 Å². The fourth-order valence-electron chi connectivity index (χ4n) is 3.04. The van der Waals surface area contributed by atoms with Crippen molar-refractivity contribution in [1.82, 2.24) is 15.4 Å². The van der Waals surface area contributed by atoms with Crippen LogP contribution >= 0.6 is 0 Å². The first-order valence-electron chi connectivity index (χ1n) is 7.66. The van der Waals surface area contributed by atoms with Gasteiger partial charge in [-0.3, -0.25) is 19.8 Å². The van der Waals surface area contributed by atoms with Crippen molar-refractivity contribution in [1.29, 1.82) is 0 Å². The second-order valence-electron chi connectivity index (χ2n) is 5.60. The zero-order valence-electron chi connectivity index (χ0n) is 12.8. The number of nitro benzene ring substituents is 1. The van der Waals surface area contributed by atoms with Crippen LogP contribution in [0, 0.1) is 10.1 Å². The Bertz CT molecular complexity index is 742. The molecule has 0 aliphatic carbocycles. The summed E-state index contributed by atoms with van der Waals surface area (Å²) < 4.78 is 5.05. The van der Waals surface area contributed by atoms with Crippen molar-refractivity contribution in [2.45, 2.75) is 25.8 Å². The van der Waals surface area contributed by atoms with Crippen molar-refractivity contribution in [3.05, 3.63) is 34.0 Å². The van der Waals surface area contributed by atoms with E-state index in [-0.39, 0.29) is 22.9 Å². The monoisotopic (exact) mass is 318 g/mol. The Balaban J connectivity index is 1.72. The quantitative estimate of drug-likeness (QED) is 0.668. The molecule has 0 bridgehead atoms. The van der Waals surface area contributed by atoms with Crippen LogP contribution in [0.3, 0.4) is 0 Å². The van der Waals surface area contributed by atoms with Crippen molar-refractivity contribution < 1.29 is 14.2 Å². The maximum atomic E-state index is 12.3. The summed E-state index contributed by atoms with van der Waals surface area (Å²) >= 11 is 0. The molecule has 1 amide bonds. The summed E-state index contributed by atoms with van der Waals surface area (Å²) in [6, 6.07) is 4.46. The summed E-state index contributed by atoms with van der Waals surface area (Å²) in [6.45, 7) is 4.71. The van der Waals surface area contributed by atoms with Gasteiger partial charge in [-0.2, -0.15) is 0 Å². The molecule has 1 aliphatic heterocycles. The second kappa shape index (κ2) is 6.33. The third kappa shape index (κ3) is 3.02. The summed E-state index contributed by atoms with van der Waals surface area (Å²) in [5, 5.41) is 17.9. The van der Waals surface area contributed by atoms with Gasteiger partial charge in [0.25, 0.3) is 11.6 Å². The molecule has 0 radical (unpaired) electrons. The van der Waals surface area contributed by atoms with Crippen LogP contribution in [0.2, 0.25) is 0 Å². The van der Waals surface area contributed by atoms with Gasteiger partial charge in [-0.05, 0) is 32.0 Å². The molecular formula is C15H18N4O4. The third-order valence-electron chi connectivity index (χ3n) is 4.28. The van der Waals surface area contributed by atoms with E-state index in [2.05, 4.69) is 22.3 Å². The summed E-state index contributed by atoms with van der Waals surface area (Å²) in [4.78, 5) is 24.9. The second-order valence-corrected chi connectivity index (χ2v) is 5.60. The van der Waals surface area contributed by atoms with E-state index < -0.39 is 4.92 Å². The highest BCUT2D eigenvalue weighted by molar-refractivity contribution is 6.04. The van der Waals surface area contributed by atoms with Crippen LogP contribution in [0.4, 0.5) is 5.69 Å². The van der Waals surface area contributed by atoms with E-state index >= 15 is 0 Å². The molecule has 1 aliphatic rings. The van der Waals surface area contributed by atoms with Crippen molar-refractivity contribution in [3.8, 4) is 0 Å². The van der Waals surface area contributed by atoms with E-state index in [0.717, 1.165) is 25.9 Å². The highest BCUT2D eigenvalue weighted by atomic mass is 16.6. The predicted molar refractivity (Wildman–Crippen MR) is 83.3 cm³/mol. The lowest BCUT2D eigenvalue weighted by Gasteiger charge is -2.22. The van der Waals surface area contributed by atoms with Crippen molar-refractivity contribution in [3.63, 3.8) is 0 Å². The lowest BCUT2D eigenvalue weighted by molar-refractivity contribution is -0.384. The fourth-order valence-corrected chi connectivity index (χ4v) is 3.04. The largest absolute Gasteiger partial charge is 0.355 e. The minimum Gasteiger partial charge on any atom is -0.355 e. The van der Waals surface area contributed by atoms with Gasteiger partial charge in [-0.15, -0.1) is 0 Å². The molecule has 0 saturated carbocycles. The molecule has 1 unspecified atom stereocenters. The number of nitrogens with zero attached hydrogens (tertiary/aromatic N) is 3. The highest BCUT2D eigenvalue weighted by Gasteiger charge is 2.24. The Morgan fingerprint density at radius 3 is 3.13 bits per heavy atom. The van der Waals surface area contributed by atoms with Crippen LogP contribution in [0.5, 0.6) is 0 Å². The number of carbonyl (C=O) groups is 1. The average Bonchev–Trinajstić information content (AvgIpc) is 3.18. The molecule has 1 aromatic heterocycles. The van der Waals surface area contributed by atoms with Crippen LogP contribution in [0.15, 0.2) is 22.7 Å². The van der Waals surface area contributed by atoms with Gasteiger partial charge < -0.3 is 9.84 Å². The van der Waals surface area contributed by atoms with Crippen LogP contribution in [-0.4, -0.2) is 46.6 Å². The van der Waals surface area contributed by atoms with Crippen LogP contribution in [0.1, 0.15) is 30.3 Å². The van der Waals surface area contributed by atoms with Gasteiger partial charge >= 0.3 is 0 Å². The van der Waals surface area contributed by atoms with Crippen molar-refractivity contribution in [2.75, 3.05) is 19.6 Å². The number of non-ortho nitro benzene ring substituents is 1. The molecule has 1 aromatic carbocycles. The normalized spacial score (nSPS) is 18.4. The van der Waals surface area contributed by atoms with E-state index in [1.54, 1.807) is 0 Å². The SMILES string of the molecule is CCN1CCCC1CNC(=O)c1noc2cc([N+](=O)[O-])ccc12.